The van der Waals surface area contributed by atoms with E-state index in [9.17, 15) is 27.6 Å². The summed E-state index contributed by atoms with van der Waals surface area (Å²) in [5.74, 6) is -2.19. The molecule has 1 atom stereocenters. The first kappa shape index (κ1) is 21.8. The second-order valence-corrected chi connectivity index (χ2v) is 9.41. The van der Waals surface area contributed by atoms with E-state index in [1.54, 1.807) is 36.4 Å². The highest BCUT2D eigenvalue weighted by Crippen LogP contribution is 2.28. The van der Waals surface area contributed by atoms with E-state index in [1.807, 2.05) is 0 Å². The van der Waals surface area contributed by atoms with Crippen LogP contribution in [0.4, 0.5) is 0 Å². The first-order valence-corrected chi connectivity index (χ1v) is 11.7. The maximum Gasteiger partial charge on any atom is 0.262 e. The Morgan fingerprint density at radius 2 is 1.69 bits per heavy atom. The Labute approximate surface area is 184 Å². The van der Waals surface area contributed by atoms with Crippen molar-refractivity contribution in [3.8, 4) is 0 Å². The number of sulfonamides is 1. The van der Waals surface area contributed by atoms with Gasteiger partial charge in [0.1, 0.15) is 6.04 Å². The average Bonchev–Trinajstić information content (AvgIpc) is 3.02. The van der Waals surface area contributed by atoms with Gasteiger partial charge in [-0.1, -0.05) is 24.3 Å². The van der Waals surface area contributed by atoms with Crippen LogP contribution in [0.25, 0.3) is 0 Å². The molecule has 0 radical (unpaired) electrons. The molecular weight excluding hydrogens is 434 g/mol. The Balaban J connectivity index is 1.40. The van der Waals surface area contributed by atoms with Crippen molar-refractivity contribution in [2.45, 2.75) is 36.6 Å². The fourth-order valence-electron chi connectivity index (χ4n) is 3.86. The molecule has 2 aromatic rings. The van der Waals surface area contributed by atoms with Crippen molar-refractivity contribution in [1.82, 2.24) is 14.9 Å². The molecule has 2 aliphatic heterocycles. The first-order chi connectivity index (χ1) is 15.3. The number of hydrogen-bond donors (Lipinski definition) is 2. The summed E-state index contributed by atoms with van der Waals surface area (Å²) in [6, 6.07) is 11.9. The summed E-state index contributed by atoms with van der Waals surface area (Å²) in [6.07, 6.45) is 1.15. The van der Waals surface area contributed by atoms with E-state index in [2.05, 4.69) is 10.0 Å². The van der Waals surface area contributed by atoms with Crippen molar-refractivity contribution in [1.29, 1.82) is 0 Å². The average molecular weight is 455 g/mol. The van der Waals surface area contributed by atoms with Crippen LogP contribution in [0.3, 0.4) is 0 Å². The van der Waals surface area contributed by atoms with Crippen LogP contribution >= 0.6 is 0 Å². The van der Waals surface area contributed by atoms with Crippen LogP contribution in [0.1, 0.15) is 45.5 Å². The van der Waals surface area contributed by atoms with Crippen molar-refractivity contribution in [3.63, 3.8) is 0 Å². The third-order valence-corrected chi connectivity index (χ3v) is 6.97. The lowest BCUT2D eigenvalue weighted by atomic mass is 10.0. The van der Waals surface area contributed by atoms with Crippen LogP contribution in [0, 0.1) is 0 Å². The number of carbonyl (C=O) groups is 4. The maximum absolute atomic E-state index is 12.9. The Morgan fingerprint density at radius 3 is 2.41 bits per heavy atom. The molecule has 2 aliphatic rings. The van der Waals surface area contributed by atoms with E-state index in [0.29, 0.717) is 12.8 Å². The predicted octanol–water partition coefficient (Wildman–Crippen LogP) is 0.999. The highest BCUT2D eigenvalue weighted by Gasteiger charge is 2.44. The number of benzene rings is 2. The van der Waals surface area contributed by atoms with Crippen molar-refractivity contribution in [2.75, 3.05) is 6.54 Å². The van der Waals surface area contributed by atoms with Gasteiger partial charge < -0.3 is 0 Å². The predicted molar refractivity (Wildman–Crippen MR) is 113 cm³/mol. The number of fused-ring (bicyclic) bond motifs is 1. The van der Waals surface area contributed by atoms with E-state index < -0.39 is 39.7 Å². The maximum atomic E-state index is 12.9. The Hall–Kier alpha value is -3.37. The van der Waals surface area contributed by atoms with Crippen molar-refractivity contribution in [3.05, 3.63) is 65.2 Å². The molecule has 4 amide bonds. The van der Waals surface area contributed by atoms with Gasteiger partial charge in [-0.05, 0) is 49.1 Å². The topological polar surface area (TPSA) is 130 Å². The fourth-order valence-corrected chi connectivity index (χ4v) is 4.95. The first-order valence-electron chi connectivity index (χ1n) is 10.2. The second-order valence-electron chi connectivity index (χ2n) is 7.64. The number of nitrogens with one attached hydrogen (secondary N) is 2. The molecule has 2 heterocycles. The molecule has 0 saturated carbocycles. The zero-order valence-corrected chi connectivity index (χ0v) is 17.9. The van der Waals surface area contributed by atoms with Crippen molar-refractivity contribution < 1.29 is 27.6 Å². The summed E-state index contributed by atoms with van der Waals surface area (Å²) in [5, 5.41) is 2.16. The molecule has 32 heavy (non-hydrogen) atoms. The van der Waals surface area contributed by atoms with Gasteiger partial charge in [0.15, 0.2) is 0 Å². The lowest BCUT2D eigenvalue weighted by molar-refractivity contribution is -0.136. The molecule has 1 unspecified atom stereocenters. The summed E-state index contributed by atoms with van der Waals surface area (Å²) < 4.78 is 27.1. The van der Waals surface area contributed by atoms with Gasteiger partial charge in [0.25, 0.3) is 11.8 Å². The summed E-state index contributed by atoms with van der Waals surface area (Å²) in [4.78, 5) is 50.2. The lowest BCUT2D eigenvalue weighted by Crippen LogP contribution is -2.54. The summed E-state index contributed by atoms with van der Waals surface area (Å²) in [6.45, 7) is 0.212. The minimum Gasteiger partial charge on any atom is -0.295 e. The number of amides is 4. The van der Waals surface area contributed by atoms with Crippen LogP contribution in [-0.2, 0) is 26.0 Å². The number of carbonyl (C=O) groups excluding carboxylic acids is 4. The number of rotatable bonds is 7. The summed E-state index contributed by atoms with van der Waals surface area (Å²) in [5.41, 5.74) is 1.20. The van der Waals surface area contributed by atoms with E-state index in [4.69, 9.17) is 0 Å². The monoisotopic (exact) mass is 455 g/mol. The van der Waals surface area contributed by atoms with E-state index in [-0.39, 0.29) is 35.4 Å². The highest BCUT2D eigenvalue weighted by atomic mass is 32.2. The van der Waals surface area contributed by atoms with E-state index in [0.717, 1.165) is 10.5 Å². The zero-order chi connectivity index (χ0) is 22.9. The van der Waals surface area contributed by atoms with Crippen LogP contribution < -0.4 is 10.0 Å². The molecule has 1 fully saturated rings. The van der Waals surface area contributed by atoms with Crippen molar-refractivity contribution >= 4 is 33.7 Å². The Kier molecular flexibility index (Phi) is 5.90. The Morgan fingerprint density at radius 1 is 0.969 bits per heavy atom. The molecule has 9 nitrogen and oxygen atoms in total. The number of hydrogen-bond acceptors (Lipinski definition) is 6. The largest absolute Gasteiger partial charge is 0.295 e. The third kappa shape index (κ3) is 4.19. The van der Waals surface area contributed by atoms with Crippen LogP contribution in [-0.4, -0.2) is 49.5 Å². The second kappa shape index (κ2) is 8.64. The highest BCUT2D eigenvalue weighted by molar-refractivity contribution is 7.89. The van der Waals surface area contributed by atoms with Crippen LogP contribution in [0.2, 0.25) is 0 Å². The minimum atomic E-state index is -3.59. The van der Waals surface area contributed by atoms with E-state index in [1.165, 1.54) is 12.1 Å². The molecule has 166 valence electrons. The van der Waals surface area contributed by atoms with Gasteiger partial charge in [0, 0.05) is 13.0 Å². The van der Waals surface area contributed by atoms with Gasteiger partial charge in [-0.3, -0.25) is 29.4 Å². The zero-order valence-electron chi connectivity index (χ0n) is 17.0. The van der Waals surface area contributed by atoms with Gasteiger partial charge in [0.2, 0.25) is 21.8 Å². The molecule has 2 N–H and O–H groups in total. The molecule has 0 bridgehead atoms. The SMILES string of the molecule is O=C1CCC(N2C(=O)c3ccc(CCCNS(=O)(=O)c4ccccc4)cc3C2=O)C(=O)N1. The third-order valence-electron chi connectivity index (χ3n) is 5.49. The van der Waals surface area contributed by atoms with Gasteiger partial charge in [0.05, 0.1) is 16.0 Å². The fraction of sp³-hybridized carbons (Fsp3) is 0.273. The van der Waals surface area contributed by atoms with E-state index >= 15 is 0 Å². The molecule has 10 heteroatoms. The molecule has 1 saturated heterocycles. The normalized spacial score (nSPS) is 18.6. The van der Waals surface area contributed by atoms with Gasteiger partial charge in [-0.15, -0.1) is 0 Å². The summed E-state index contributed by atoms with van der Waals surface area (Å²) in [7, 11) is -3.59. The molecule has 2 aromatic carbocycles. The molecule has 0 aliphatic carbocycles. The van der Waals surface area contributed by atoms with Gasteiger partial charge >= 0.3 is 0 Å². The smallest absolute Gasteiger partial charge is 0.262 e. The van der Waals surface area contributed by atoms with Crippen LogP contribution in [0.5, 0.6) is 0 Å². The Bertz CT molecular complexity index is 1210. The number of aryl methyl sites for hydroxylation is 1. The van der Waals surface area contributed by atoms with Crippen LogP contribution in [0.15, 0.2) is 53.4 Å². The number of nitrogens with zero attached hydrogens (tertiary/aromatic N) is 1. The number of piperidine rings is 1. The molecule has 4 rings (SSSR count). The van der Waals surface area contributed by atoms with Crippen molar-refractivity contribution in [2.24, 2.45) is 0 Å². The lowest BCUT2D eigenvalue weighted by Gasteiger charge is -2.27. The number of imide groups is 2. The minimum absolute atomic E-state index is 0.0634. The molecular formula is C22H21N3O6S. The summed E-state index contributed by atoms with van der Waals surface area (Å²) >= 11 is 0. The van der Waals surface area contributed by atoms with Gasteiger partial charge in [-0.25, -0.2) is 13.1 Å². The quantitative estimate of drug-likeness (QED) is 0.473. The standard InChI is InChI=1S/C22H21N3O6S/c26-19-11-10-18(20(27)24-19)25-21(28)16-9-8-14(13-17(16)22(25)29)5-4-12-23-32(30,31)15-6-2-1-3-7-15/h1-3,6-9,13,18,23H,4-5,10-12H2,(H,24,26,27). The molecule has 0 aromatic heterocycles. The molecule has 0 spiro atoms. The van der Waals surface area contributed by atoms with Gasteiger partial charge in [-0.2, -0.15) is 0 Å².